The highest BCUT2D eigenvalue weighted by Crippen LogP contribution is 2.34. The summed E-state index contributed by atoms with van der Waals surface area (Å²) in [6.07, 6.45) is 0.738. The lowest BCUT2D eigenvalue weighted by Gasteiger charge is -2.31. The standard InChI is InChI=1S/C22H31N5O6S/c1-12(2)7-8-25-21(30)18(13-5-6-14(32-3)15(11-13)33-4)27(9-10-28)22(31)19-16(23)17(20(24)29)26-34-19/h5-6,11-12,18,28H,7-10,23H2,1-4H3,(H2,24,29)(H,25,30)/t18-/m0/s1. The molecule has 11 nitrogen and oxygen atoms in total. The van der Waals surface area contributed by atoms with Crippen LogP contribution in [0.4, 0.5) is 5.69 Å². The summed E-state index contributed by atoms with van der Waals surface area (Å²) in [6.45, 7) is 3.86. The SMILES string of the molecule is COc1ccc([C@@H](C(=O)NCCC(C)C)N(CCO)C(=O)c2snc(C(N)=O)c2N)cc1OC. The number of nitrogens with one attached hydrogen (secondary N) is 1. The van der Waals surface area contributed by atoms with Gasteiger partial charge in [0.15, 0.2) is 17.2 Å². The van der Waals surface area contributed by atoms with Gasteiger partial charge in [0.2, 0.25) is 5.91 Å². The van der Waals surface area contributed by atoms with Crippen LogP contribution in [0.2, 0.25) is 0 Å². The molecule has 186 valence electrons. The molecule has 12 heteroatoms. The zero-order valence-electron chi connectivity index (χ0n) is 19.7. The van der Waals surface area contributed by atoms with E-state index in [-0.39, 0.29) is 22.8 Å². The predicted molar refractivity (Wildman–Crippen MR) is 128 cm³/mol. The van der Waals surface area contributed by atoms with Crippen LogP contribution in [0, 0.1) is 5.92 Å². The van der Waals surface area contributed by atoms with Crippen LogP contribution in [-0.4, -0.2) is 66.0 Å². The number of nitrogen functional groups attached to an aromatic ring is 1. The molecule has 1 aromatic carbocycles. The van der Waals surface area contributed by atoms with E-state index in [2.05, 4.69) is 9.69 Å². The molecule has 1 atom stereocenters. The van der Waals surface area contributed by atoms with Crippen molar-refractivity contribution in [3.63, 3.8) is 0 Å². The summed E-state index contributed by atoms with van der Waals surface area (Å²) in [5.74, 6) is -0.820. The van der Waals surface area contributed by atoms with Gasteiger partial charge < -0.3 is 36.3 Å². The Morgan fingerprint density at radius 1 is 1.21 bits per heavy atom. The number of primary amides is 1. The number of hydrogen-bond acceptors (Lipinski definition) is 9. The number of aromatic nitrogens is 1. The minimum atomic E-state index is -1.13. The van der Waals surface area contributed by atoms with E-state index in [1.807, 2.05) is 13.8 Å². The number of carbonyl (C=O) groups is 3. The lowest BCUT2D eigenvalue weighted by molar-refractivity contribution is -0.126. The summed E-state index contributed by atoms with van der Waals surface area (Å²) in [5.41, 5.74) is 11.3. The summed E-state index contributed by atoms with van der Waals surface area (Å²) >= 11 is 0.702. The quantitative estimate of drug-likeness (QED) is 0.341. The molecule has 1 aromatic heterocycles. The summed E-state index contributed by atoms with van der Waals surface area (Å²) in [6, 6.07) is 3.71. The molecule has 0 aliphatic rings. The molecule has 0 fully saturated rings. The van der Waals surface area contributed by atoms with Crippen LogP contribution in [0.15, 0.2) is 18.2 Å². The third-order valence-electron chi connectivity index (χ3n) is 5.06. The summed E-state index contributed by atoms with van der Waals surface area (Å²) in [5, 5.41) is 12.6. The predicted octanol–water partition coefficient (Wildman–Crippen LogP) is 1.18. The smallest absolute Gasteiger partial charge is 0.270 e. The van der Waals surface area contributed by atoms with E-state index in [4.69, 9.17) is 20.9 Å². The van der Waals surface area contributed by atoms with Gasteiger partial charge in [-0.15, -0.1) is 0 Å². The third kappa shape index (κ3) is 6.14. The van der Waals surface area contributed by atoms with Crippen molar-refractivity contribution >= 4 is 34.9 Å². The Bertz CT molecular complexity index is 1030. The van der Waals surface area contributed by atoms with Crippen molar-refractivity contribution in [2.45, 2.75) is 26.3 Å². The topological polar surface area (TPSA) is 170 Å². The van der Waals surface area contributed by atoms with E-state index in [1.165, 1.54) is 19.1 Å². The van der Waals surface area contributed by atoms with Crippen molar-refractivity contribution in [1.82, 2.24) is 14.6 Å². The molecular formula is C22H31N5O6S. The fraction of sp³-hybridized carbons (Fsp3) is 0.455. The van der Waals surface area contributed by atoms with E-state index >= 15 is 0 Å². The molecule has 6 N–H and O–H groups in total. The van der Waals surface area contributed by atoms with Gasteiger partial charge in [-0.3, -0.25) is 14.4 Å². The molecule has 0 radical (unpaired) electrons. The van der Waals surface area contributed by atoms with Gasteiger partial charge in [-0.1, -0.05) is 19.9 Å². The normalized spacial score (nSPS) is 11.7. The van der Waals surface area contributed by atoms with Crippen molar-refractivity contribution in [1.29, 1.82) is 0 Å². The van der Waals surface area contributed by atoms with Crippen LogP contribution in [0.3, 0.4) is 0 Å². The van der Waals surface area contributed by atoms with Crippen molar-refractivity contribution in [3.05, 3.63) is 34.3 Å². The van der Waals surface area contributed by atoms with Gasteiger partial charge in [-0.05, 0) is 41.6 Å². The molecule has 0 bridgehead atoms. The first-order valence-electron chi connectivity index (χ1n) is 10.6. The number of amides is 3. The molecule has 0 spiro atoms. The maximum absolute atomic E-state index is 13.5. The van der Waals surface area contributed by atoms with Crippen LogP contribution in [0.1, 0.15) is 52.0 Å². The number of hydrogen-bond donors (Lipinski definition) is 4. The average Bonchev–Trinajstić information content (AvgIpc) is 3.19. The first-order chi connectivity index (χ1) is 16.2. The second kappa shape index (κ2) is 12.2. The zero-order valence-corrected chi connectivity index (χ0v) is 20.5. The number of aliphatic hydroxyl groups excluding tert-OH is 1. The number of nitrogens with two attached hydrogens (primary N) is 2. The van der Waals surface area contributed by atoms with Gasteiger partial charge in [-0.25, -0.2) is 0 Å². The maximum atomic E-state index is 13.5. The monoisotopic (exact) mass is 493 g/mol. The Labute approximate surface area is 202 Å². The highest BCUT2D eigenvalue weighted by atomic mass is 32.1. The number of benzene rings is 1. The molecule has 2 aromatic rings. The largest absolute Gasteiger partial charge is 0.493 e. The van der Waals surface area contributed by atoms with Gasteiger partial charge in [0.25, 0.3) is 11.8 Å². The van der Waals surface area contributed by atoms with Gasteiger partial charge in [0.05, 0.1) is 26.5 Å². The van der Waals surface area contributed by atoms with Gasteiger partial charge >= 0.3 is 0 Å². The maximum Gasteiger partial charge on any atom is 0.270 e. The second-order valence-corrected chi connectivity index (χ2v) is 8.62. The van der Waals surface area contributed by atoms with E-state index in [0.29, 0.717) is 41.1 Å². The second-order valence-electron chi connectivity index (χ2n) is 7.85. The third-order valence-corrected chi connectivity index (χ3v) is 5.91. The van der Waals surface area contributed by atoms with Crippen molar-refractivity contribution in [2.24, 2.45) is 11.7 Å². The van der Waals surface area contributed by atoms with Gasteiger partial charge in [0, 0.05) is 13.1 Å². The van der Waals surface area contributed by atoms with Crippen molar-refractivity contribution in [3.8, 4) is 11.5 Å². The Hall–Kier alpha value is -3.38. The Morgan fingerprint density at radius 3 is 2.41 bits per heavy atom. The fourth-order valence-electron chi connectivity index (χ4n) is 3.29. The number of methoxy groups -OCH3 is 2. The Balaban J connectivity index is 2.55. The molecule has 0 unspecified atom stereocenters. The van der Waals surface area contributed by atoms with E-state index in [9.17, 15) is 19.5 Å². The lowest BCUT2D eigenvalue weighted by atomic mass is 10.0. The molecule has 0 saturated heterocycles. The summed E-state index contributed by atoms with van der Waals surface area (Å²) < 4.78 is 14.5. The number of nitrogens with zero attached hydrogens (tertiary/aromatic N) is 2. The van der Waals surface area contributed by atoms with Crippen LogP contribution in [0.5, 0.6) is 11.5 Å². The minimum absolute atomic E-state index is 0.0530. The zero-order chi connectivity index (χ0) is 25.4. The molecule has 34 heavy (non-hydrogen) atoms. The molecule has 0 aliphatic carbocycles. The van der Waals surface area contributed by atoms with E-state index in [0.717, 1.165) is 6.42 Å². The molecule has 3 amide bonds. The molecule has 0 aliphatic heterocycles. The van der Waals surface area contributed by atoms with Gasteiger partial charge in [-0.2, -0.15) is 4.37 Å². The van der Waals surface area contributed by atoms with Crippen LogP contribution in [-0.2, 0) is 4.79 Å². The van der Waals surface area contributed by atoms with E-state index < -0.39 is 30.4 Å². The molecule has 0 saturated carbocycles. The number of rotatable bonds is 12. The van der Waals surface area contributed by atoms with E-state index in [1.54, 1.807) is 18.2 Å². The molecule has 2 rings (SSSR count). The van der Waals surface area contributed by atoms with Crippen LogP contribution in [0.25, 0.3) is 0 Å². The first-order valence-corrected chi connectivity index (χ1v) is 11.4. The van der Waals surface area contributed by atoms with Crippen LogP contribution >= 0.6 is 11.5 Å². The number of carbonyl (C=O) groups excluding carboxylic acids is 3. The number of aliphatic hydroxyl groups is 1. The number of ether oxygens (including phenoxy) is 2. The highest BCUT2D eigenvalue weighted by molar-refractivity contribution is 7.09. The minimum Gasteiger partial charge on any atom is -0.493 e. The Kier molecular flexibility index (Phi) is 9.63. The first kappa shape index (κ1) is 26.9. The Morgan fingerprint density at radius 2 is 1.88 bits per heavy atom. The summed E-state index contributed by atoms with van der Waals surface area (Å²) in [7, 11) is 2.94. The molecular weight excluding hydrogens is 462 g/mol. The number of anilines is 1. The van der Waals surface area contributed by atoms with Gasteiger partial charge in [0.1, 0.15) is 10.9 Å². The lowest BCUT2D eigenvalue weighted by Crippen LogP contribution is -2.45. The van der Waals surface area contributed by atoms with Crippen molar-refractivity contribution < 1.29 is 29.0 Å². The van der Waals surface area contributed by atoms with Crippen LogP contribution < -0.4 is 26.3 Å². The highest BCUT2D eigenvalue weighted by Gasteiger charge is 2.35. The molecule has 1 heterocycles. The average molecular weight is 494 g/mol. The fourth-order valence-corrected chi connectivity index (χ4v) is 4.05. The summed E-state index contributed by atoms with van der Waals surface area (Å²) in [4.78, 5) is 39.5. The van der Waals surface area contributed by atoms with Crippen molar-refractivity contribution in [2.75, 3.05) is 39.6 Å².